The lowest BCUT2D eigenvalue weighted by Crippen LogP contribution is -2.17. The molecular weight excluding hydrogens is 262 g/mol. The molecule has 0 radical (unpaired) electrons. The molecule has 4 N–H and O–H groups in total. The van der Waals surface area contributed by atoms with Crippen molar-refractivity contribution < 1.29 is 4.79 Å². The van der Waals surface area contributed by atoms with Crippen molar-refractivity contribution in [3.05, 3.63) is 58.6 Å². The van der Waals surface area contributed by atoms with Gasteiger partial charge in [-0.1, -0.05) is 29.3 Å². The van der Waals surface area contributed by atoms with Gasteiger partial charge in [0.1, 0.15) is 0 Å². The van der Waals surface area contributed by atoms with Crippen molar-refractivity contribution in [1.29, 1.82) is 0 Å². The van der Waals surface area contributed by atoms with Gasteiger partial charge in [0.05, 0.1) is 11.3 Å². The highest BCUT2D eigenvalue weighted by atomic mass is 35.5. The van der Waals surface area contributed by atoms with Crippen LogP contribution in [0.3, 0.4) is 0 Å². The Balaban J connectivity index is 2.27. The van der Waals surface area contributed by atoms with Gasteiger partial charge in [-0.05, 0) is 37.3 Å². The van der Waals surface area contributed by atoms with Crippen molar-refractivity contribution in [2.24, 2.45) is 5.84 Å². The van der Waals surface area contributed by atoms with Crippen LogP contribution in [0.25, 0.3) is 0 Å². The number of nitrogens with two attached hydrogens (primary N) is 1. The molecule has 2 rings (SSSR count). The van der Waals surface area contributed by atoms with E-state index in [4.69, 9.17) is 17.4 Å². The predicted molar refractivity (Wildman–Crippen MR) is 78.4 cm³/mol. The lowest BCUT2D eigenvalue weighted by Gasteiger charge is -2.10. The largest absolute Gasteiger partial charge is 0.323 e. The number of anilines is 2. The van der Waals surface area contributed by atoms with Gasteiger partial charge in [-0.25, -0.2) is 0 Å². The summed E-state index contributed by atoms with van der Waals surface area (Å²) in [6, 6.07) is 12.4. The van der Waals surface area contributed by atoms with E-state index in [9.17, 15) is 4.79 Å². The zero-order valence-electron chi connectivity index (χ0n) is 10.4. The Kier molecular flexibility index (Phi) is 4.04. The lowest BCUT2D eigenvalue weighted by molar-refractivity contribution is 0.102. The molecule has 0 atom stereocenters. The number of nitrogen functional groups attached to an aromatic ring is 1. The number of aryl methyl sites for hydroxylation is 1. The fraction of sp³-hybridized carbons (Fsp3) is 0.0714. The first-order chi connectivity index (χ1) is 9.10. The van der Waals surface area contributed by atoms with Crippen LogP contribution in [-0.2, 0) is 0 Å². The van der Waals surface area contributed by atoms with Gasteiger partial charge in [0.15, 0.2) is 0 Å². The summed E-state index contributed by atoms with van der Waals surface area (Å²) in [6.45, 7) is 1.91. The van der Waals surface area contributed by atoms with E-state index in [1.54, 1.807) is 36.4 Å². The second-order valence-corrected chi connectivity index (χ2v) is 4.59. The first kappa shape index (κ1) is 13.4. The summed E-state index contributed by atoms with van der Waals surface area (Å²) in [7, 11) is 0. The van der Waals surface area contributed by atoms with Gasteiger partial charge in [-0.15, -0.1) is 0 Å². The molecule has 0 heterocycles. The molecule has 1 amide bonds. The van der Waals surface area contributed by atoms with E-state index in [0.29, 0.717) is 22.0 Å². The molecule has 0 aliphatic carbocycles. The van der Waals surface area contributed by atoms with Crippen LogP contribution in [0.5, 0.6) is 0 Å². The Morgan fingerprint density at radius 3 is 2.68 bits per heavy atom. The van der Waals surface area contributed by atoms with Gasteiger partial charge in [-0.2, -0.15) is 0 Å². The second kappa shape index (κ2) is 5.73. The van der Waals surface area contributed by atoms with Crippen LogP contribution in [0.4, 0.5) is 11.4 Å². The zero-order chi connectivity index (χ0) is 13.8. The van der Waals surface area contributed by atoms with Crippen molar-refractivity contribution in [1.82, 2.24) is 0 Å². The number of rotatable bonds is 3. The molecule has 0 spiro atoms. The molecule has 0 aromatic heterocycles. The summed E-state index contributed by atoms with van der Waals surface area (Å²) < 4.78 is 0. The monoisotopic (exact) mass is 275 g/mol. The summed E-state index contributed by atoms with van der Waals surface area (Å²) in [5, 5.41) is 3.35. The van der Waals surface area contributed by atoms with E-state index in [-0.39, 0.29) is 5.91 Å². The van der Waals surface area contributed by atoms with Gasteiger partial charge in [0.25, 0.3) is 5.91 Å². The minimum Gasteiger partial charge on any atom is -0.323 e. The SMILES string of the molecule is Cc1ccc(NN)c(C(=O)Nc2cccc(Cl)c2)c1. The van der Waals surface area contributed by atoms with Crippen molar-refractivity contribution in [2.75, 3.05) is 10.7 Å². The number of hydrazine groups is 1. The summed E-state index contributed by atoms with van der Waals surface area (Å²) in [5.41, 5.74) is 5.20. The quantitative estimate of drug-likeness (QED) is 0.595. The Morgan fingerprint density at radius 2 is 2.00 bits per heavy atom. The molecule has 4 nitrogen and oxygen atoms in total. The van der Waals surface area contributed by atoms with E-state index < -0.39 is 0 Å². The summed E-state index contributed by atoms with van der Waals surface area (Å²) in [4.78, 5) is 12.2. The van der Waals surface area contributed by atoms with Crippen LogP contribution in [0, 0.1) is 6.92 Å². The molecular formula is C14H14ClN3O. The zero-order valence-corrected chi connectivity index (χ0v) is 11.2. The summed E-state index contributed by atoms with van der Waals surface area (Å²) in [6.07, 6.45) is 0. The lowest BCUT2D eigenvalue weighted by atomic mass is 10.1. The Bertz CT molecular complexity index is 613. The van der Waals surface area contributed by atoms with Gasteiger partial charge in [0.2, 0.25) is 0 Å². The van der Waals surface area contributed by atoms with Crippen LogP contribution >= 0.6 is 11.6 Å². The minimum atomic E-state index is -0.237. The van der Waals surface area contributed by atoms with Gasteiger partial charge < -0.3 is 10.7 Å². The van der Waals surface area contributed by atoms with Gasteiger partial charge >= 0.3 is 0 Å². The number of nitrogens with one attached hydrogen (secondary N) is 2. The number of halogens is 1. The number of carbonyl (C=O) groups is 1. The smallest absolute Gasteiger partial charge is 0.257 e. The van der Waals surface area contributed by atoms with Crippen LogP contribution in [-0.4, -0.2) is 5.91 Å². The van der Waals surface area contributed by atoms with Crippen molar-refractivity contribution in [2.45, 2.75) is 6.92 Å². The van der Waals surface area contributed by atoms with E-state index in [0.717, 1.165) is 5.56 Å². The van der Waals surface area contributed by atoms with Crippen LogP contribution in [0.15, 0.2) is 42.5 Å². The van der Waals surface area contributed by atoms with E-state index in [2.05, 4.69) is 10.7 Å². The van der Waals surface area contributed by atoms with Crippen molar-refractivity contribution in [3.63, 3.8) is 0 Å². The highest BCUT2D eigenvalue weighted by Crippen LogP contribution is 2.20. The van der Waals surface area contributed by atoms with Crippen molar-refractivity contribution in [3.8, 4) is 0 Å². The van der Waals surface area contributed by atoms with Crippen LogP contribution in [0.2, 0.25) is 5.02 Å². The maximum Gasteiger partial charge on any atom is 0.257 e. The molecule has 0 saturated heterocycles. The fourth-order valence-electron chi connectivity index (χ4n) is 1.74. The first-order valence-corrected chi connectivity index (χ1v) is 6.12. The van der Waals surface area contributed by atoms with Gasteiger partial charge in [-0.3, -0.25) is 10.6 Å². The second-order valence-electron chi connectivity index (χ2n) is 4.16. The Morgan fingerprint density at radius 1 is 1.21 bits per heavy atom. The molecule has 0 aliphatic heterocycles. The predicted octanol–water partition coefficient (Wildman–Crippen LogP) is 3.19. The fourth-order valence-corrected chi connectivity index (χ4v) is 1.93. The average molecular weight is 276 g/mol. The third kappa shape index (κ3) is 3.24. The average Bonchev–Trinajstić information content (AvgIpc) is 2.38. The highest BCUT2D eigenvalue weighted by molar-refractivity contribution is 6.31. The molecule has 98 valence electrons. The minimum absolute atomic E-state index is 0.237. The standard InChI is InChI=1S/C14H14ClN3O/c1-9-5-6-13(18-16)12(7-9)14(19)17-11-4-2-3-10(15)8-11/h2-8,18H,16H2,1H3,(H,17,19). The first-order valence-electron chi connectivity index (χ1n) is 5.74. The third-order valence-electron chi connectivity index (χ3n) is 2.66. The van der Waals surface area contributed by atoms with Crippen molar-refractivity contribution >= 4 is 28.9 Å². The Hall–Kier alpha value is -2.04. The third-order valence-corrected chi connectivity index (χ3v) is 2.89. The van der Waals surface area contributed by atoms with E-state index >= 15 is 0 Å². The van der Waals surface area contributed by atoms with E-state index in [1.807, 2.05) is 13.0 Å². The van der Waals surface area contributed by atoms with Gasteiger partial charge in [0, 0.05) is 10.7 Å². The molecule has 0 unspecified atom stereocenters. The Labute approximate surface area is 116 Å². The molecule has 19 heavy (non-hydrogen) atoms. The summed E-state index contributed by atoms with van der Waals surface area (Å²) in [5.74, 6) is 5.17. The normalized spacial score (nSPS) is 10.1. The number of benzene rings is 2. The number of carbonyl (C=O) groups excluding carboxylic acids is 1. The number of hydrogen-bond donors (Lipinski definition) is 3. The molecule has 5 heteroatoms. The maximum absolute atomic E-state index is 12.2. The summed E-state index contributed by atoms with van der Waals surface area (Å²) >= 11 is 5.87. The molecule has 0 saturated carbocycles. The van der Waals surface area contributed by atoms with E-state index in [1.165, 1.54) is 0 Å². The molecule has 0 bridgehead atoms. The molecule has 0 aliphatic rings. The topological polar surface area (TPSA) is 67.1 Å². The maximum atomic E-state index is 12.2. The highest BCUT2D eigenvalue weighted by Gasteiger charge is 2.11. The van der Waals surface area contributed by atoms with Crippen LogP contribution in [0.1, 0.15) is 15.9 Å². The number of amides is 1. The molecule has 2 aromatic rings. The number of hydrogen-bond acceptors (Lipinski definition) is 3. The van der Waals surface area contributed by atoms with Crippen LogP contribution < -0.4 is 16.6 Å². The molecule has 2 aromatic carbocycles. The molecule has 0 fully saturated rings.